The van der Waals surface area contributed by atoms with Gasteiger partial charge in [-0.15, -0.1) is 21.5 Å². The summed E-state index contributed by atoms with van der Waals surface area (Å²) in [5.74, 6) is 1.35. The molecule has 0 saturated heterocycles. The smallest absolute Gasteiger partial charge is 0.270 e. The van der Waals surface area contributed by atoms with Crippen LogP contribution in [0.25, 0.3) is 5.69 Å². The standard InChI is InChI=1S/C18H21N5OS2/c1-11(2)19-17(24)14-9-25-16(20-14)10-26-18-22-21-13(4)23(18)15-8-6-5-7-12(15)3/h5-9,11H,10H2,1-4H3,(H,19,24). The average Bonchev–Trinajstić information content (AvgIpc) is 3.20. The summed E-state index contributed by atoms with van der Waals surface area (Å²) in [7, 11) is 0. The molecule has 26 heavy (non-hydrogen) atoms. The van der Waals surface area contributed by atoms with Crippen molar-refractivity contribution >= 4 is 29.0 Å². The van der Waals surface area contributed by atoms with Gasteiger partial charge in [0.05, 0.1) is 11.4 Å². The van der Waals surface area contributed by atoms with Crippen molar-refractivity contribution in [3.63, 3.8) is 0 Å². The Bertz CT molecular complexity index is 916. The number of thioether (sulfide) groups is 1. The van der Waals surface area contributed by atoms with E-state index in [0.717, 1.165) is 21.7 Å². The predicted molar refractivity (Wildman–Crippen MR) is 105 cm³/mol. The first-order chi connectivity index (χ1) is 12.5. The van der Waals surface area contributed by atoms with E-state index in [1.165, 1.54) is 16.9 Å². The lowest BCUT2D eigenvalue weighted by atomic mass is 10.2. The molecule has 0 aliphatic heterocycles. The van der Waals surface area contributed by atoms with Crippen molar-refractivity contribution in [3.05, 3.63) is 51.7 Å². The number of benzene rings is 1. The molecule has 1 amide bonds. The van der Waals surface area contributed by atoms with Crippen LogP contribution in [0.15, 0.2) is 34.8 Å². The third kappa shape index (κ3) is 4.13. The molecule has 1 aromatic carbocycles. The van der Waals surface area contributed by atoms with Crippen LogP contribution in [-0.2, 0) is 5.75 Å². The molecule has 3 aromatic rings. The van der Waals surface area contributed by atoms with Gasteiger partial charge in [0.25, 0.3) is 5.91 Å². The number of rotatable bonds is 6. The van der Waals surface area contributed by atoms with Gasteiger partial charge in [0, 0.05) is 11.4 Å². The Labute approximate surface area is 161 Å². The Balaban J connectivity index is 1.75. The summed E-state index contributed by atoms with van der Waals surface area (Å²) in [4.78, 5) is 16.5. The van der Waals surface area contributed by atoms with Crippen LogP contribution < -0.4 is 5.32 Å². The van der Waals surface area contributed by atoms with E-state index in [4.69, 9.17) is 0 Å². The summed E-state index contributed by atoms with van der Waals surface area (Å²) in [6, 6.07) is 8.26. The first kappa shape index (κ1) is 18.6. The highest BCUT2D eigenvalue weighted by Gasteiger charge is 2.15. The lowest BCUT2D eigenvalue weighted by Crippen LogP contribution is -2.30. The lowest BCUT2D eigenvalue weighted by molar-refractivity contribution is 0.0938. The molecular weight excluding hydrogens is 366 g/mol. The molecule has 3 rings (SSSR count). The van der Waals surface area contributed by atoms with E-state index in [9.17, 15) is 4.79 Å². The van der Waals surface area contributed by atoms with E-state index < -0.39 is 0 Å². The maximum atomic E-state index is 12.0. The highest BCUT2D eigenvalue weighted by Crippen LogP contribution is 2.27. The Hall–Kier alpha value is -2.19. The van der Waals surface area contributed by atoms with Crippen molar-refractivity contribution in [2.75, 3.05) is 0 Å². The van der Waals surface area contributed by atoms with Gasteiger partial charge in [-0.3, -0.25) is 9.36 Å². The summed E-state index contributed by atoms with van der Waals surface area (Å²) in [5.41, 5.74) is 2.71. The maximum Gasteiger partial charge on any atom is 0.270 e. The fourth-order valence-electron chi connectivity index (χ4n) is 2.47. The van der Waals surface area contributed by atoms with Crippen molar-refractivity contribution in [1.29, 1.82) is 0 Å². The summed E-state index contributed by atoms with van der Waals surface area (Å²) in [6.45, 7) is 7.88. The van der Waals surface area contributed by atoms with Crippen molar-refractivity contribution in [1.82, 2.24) is 25.1 Å². The van der Waals surface area contributed by atoms with Crippen LogP contribution in [0, 0.1) is 13.8 Å². The molecule has 0 unspecified atom stereocenters. The van der Waals surface area contributed by atoms with Crippen molar-refractivity contribution in [2.45, 2.75) is 44.6 Å². The van der Waals surface area contributed by atoms with Crippen molar-refractivity contribution in [3.8, 4) is 5.69 Å². The molecule has 0 fully saturated rings. The molecule has 2 heterocycles. The topological polar surface area (TPSA) is 72.7 Å². The molecule has 0 spiro atoms. The normalized spacial score (nSPS) is 11.1. The fraction of sp³-hybridized carbons (Fsp3) is 0.333. The molecule has 6 nitrogen and oxygen atoms in total. The van der Waals surface area contributed by atoms with E-state index in [0.29, 0.717) is 11.4 Å². The molecule has 0 bridgehead atoms. The van der Waals surface area contributed by atoms with E-state index in [2.05, 4.69) is 44.1 Å². The fourth-order valence-corrected chi connectivity index (χ4v) is 4.25. The number of thiazole rings is 1. The summed E-state index contributed by atoms with van der Waals surface area (Å²) in [6.07, 6.45) is 0. The number of para-hydroxylation sites is 1. The Morgan fingerprint density at radius 2 is 2.04 bits per heavy atom. The van der Waals surface area contributed by atoms with Crippen LogP contribution in [0.2, 0.25) is 0 Å². The molecule has 0 atom stereocenters. The largest absolute Gasteiger partial charge is 0.349 e. The lowest BCUT2D eigenvalue weighted by Gasteiger charge is -2.10. The van der Waals surface area contributed by atoms with Crippen LogP contribution >= 0.6 is 23.1 Å². The zero-order chi connectivity index (χ0) is 18.7. The van der Waals surface area contributed by atoms with Gasteiger partial charge in [-0.2, -0.15) is 0 Å². The SMILES string of the molecule is Cc1ccccc1-n1c(C)nnc1SCc1nc(C(=O)NC(C)C)cs1. The van der Waals surface area contributed by atoms with Crippen LogP contribution in [0.1, 0.15) is 40.7 Å². The summed E-state index contributed by atoms with van der Waals surface area (Å²) < 4.78 is 2.06. The van der Waals surface area contributed by atoms with E-state index in [1.54, 1.807) is 17.1 Å². The minimum Gasteiger partial charge on any atom is -0.349 e. The molecule has 0 saturated carbocycles. The monoisotopic (exact) mass is 387 g/mol. The number of nitrogens with one attached hydrogen (secondary N) is 1. The molecule has 0 aliphatic carbocycles. The number of aromatic nitrogens is 4. The number of carbonyl (C=O) groups is 1. The van der Waals surface area contributed by atoms with E-state index >= 15 is 0 Å². The molecule has 1 N–H and O–H groups in total. The summed E-state index contributed by atoms with van der Waals surface area (Å²) in [5, 5.41) is 14.9. The van der Waals surface area contributed by atoms with Crippen LogP contribution in [0.3, 0.4) is 0 Å². The molecule has 8 heteroatoms. The van der Waals surface area contributed by atoms with Gasteiger partial charge < -0.3 is 5.32 Å². The highest BCUT2D eigenvalue weighted by atomic mass is 32.2. The van der Waals surface area contributed by atoms with Gasteiger partial charge >= 0.3 is 0 Å². The number of amides is 1. The Morgan fingerprint density at radius 1 is 1.27 bits per heavy atom. The molecular formula is C18H21N5OS2. The predicted octanol–water partition coefficient (Wildman–Crippen LogP) is 3.77. The highest BCUT2D eigenvalue weighted by molar-refractivity contribution is 7.98. The number of hydrogen-bond acceptors (Lipinski definition) is 6. The maximum absolute atomic E-state index is 12.0. The van der Waals surface area contributed by atoms with Crippen molar-refractivity contribution in [2.24, 2.45) is 0 Å². The Kier molecular flexibility index (Phi) is 5.73. The van der Waals surface area contributed by atoms with Gasteiger partial charge in [0.15, 0.2) is 5.16 Å². The molecule has 136 valence electrons. The van der Waals surface area contributed by atoms with Crippen LogP contribution in [0.4, 0.5) is 0 Å². The van der Waals surface area contributed by atoms with Gasteiger partial charge in [-0.1, -0.05) is 30.0 Å². The molecule has 2 aromatic heterocycles. The zero-order valence-corrected chi connectivity index (χ0v) is 16.8. The number of nitrogens with zero attached hydrogens (tertiary/aromatic N) is 4. The van der Waals surface area contributed by atoms with E-state index in [-0.39, 0.29) is 11.9 Å². The minimum atomic E-state index is -0.133. The second-order valence-electron chi connectivity index (χ2n) is 6.20. The second kappa shape index (κ2) is 8.01. The molecule has 0 aliphatic rings. The first-order valence-electron chi connectivity index (χ1n) is 8.31. The number of hydrogen-bond donors (Lipinski definition) is 1. The van der Waals surface area contributed by atoms with Gasteiger partial charge in [0.2, 0.25) is 0 Å². The second-order valence-corrected chi connectivity index (χ2v) is 8.08. The van der Waals surface area contributed by atoms with Gasteiger partial charge in [-0.25, -0.2) is 4.98 Å². The zero-order valence-electron chi connectivity index (χ0n) is 15.2. The van der Waals surface area contributed by atoms with Crippen LogP contribution in [0.5, 0.6) is 0 Å². The van der Waals surface area contributed by atoms with Gasteiger partial charge in [-0.05, 0) is 39.3 Å². The quantitative estimate of drug-likeness (QED) is 0.652. The van der Waals surface area contributed by atoms with Gasteiger partial charge in [0.1, 0.15) is 16.5 Å². The third-order valence-electron chi connectivity index (χ3n) is 3.68. The van der Waals surface area contributed by atoms with Crippen LogP contribution in [-0.4, -0.2) is 31.7 Å². The number of carbonyl (C=O) groups excluding carboxylic acids is 1. The van der Waals surface area contributed by atoms with Crippen molar-refractivity contribution < 1.29 is 4.79 Å². The third-order valence-corrected chi connectivity index (χ3v) is 5.65. The summed E-state index contributed by atoms with van der Waals surface area (Å²) >= 11 is 3.05. The average molecular weight is 388 g/mol. The molecule has 0 radical (unpaired) electrons. The first-order valence-corrected chi connectivity index (χ1v) is 10.2. The van der Waals surface area contributed by atoms with E-state index in [1.807, 2.05) is 32.9 Å². The minimum absolute atomic E-state index is 0.0951. The number of aryl methyl sites for hydroxylation is 2. The Morgan fingerprint density at radius 3 is 2.77 bits per heavy atom.